The number of hydrogen-bond donors (Lipinski definition) is 1. The third-order valence-corrected chi connectivity index (χ3v) is 3.78. The van der Waals surface area contributed by atoms with Crippen LogP contribution in [0.25, 0.3) is 5.69 Å². The van der Waals surface area contributed by atoms with E-state index < -0.39 is 0 Å². The molecular weight excluding hydrogens is 306 g/mol. The molecule has 1 aromatic carbocycles. The zero-order chi connectivity index (χ0) is 17.1. The van der Waals surface area contributed by atoms with Crippen molar-refractivity contribution in [1.29, 1.82) is 0 Å². The van der Waals surface area contributed by atoms with E-state index in [4.69, 9.17) is 0 Å². The molecule has 0 fully saturated rings. The molecule has 0 bridgehead atoms. The van der Waals surface area contributed by atoms with E-state index >= 15 is 0 Å². The van der Waals surface area contributed by atoms with Gasteiger partial charge in [0.15, 0.2) is 0 Å². The largest absolute Gasteiger partial charge is 0.350 e. The minimum Gasteiger partial charge on any atom is -0.350 e. The maximum atomic E-state index is 12.4. The molecule has 0 spiro atoms. The Bertz CT molecular complexity index is 851. The van der Waals surface area contributed by atoms with Crippen LogP contribution in [0.2, 0.25) is 0 Å². The molecule has 0 unspecified atom stereocenters. The Hall–Kier alpha value is -3.03. The highest BCUT2D eigenvalue weighted by atomic mass is 16.1. The smallest absolute Gasteiger partial charge is 0.251 e. The van der Waals surface area contributed by atoms with Crippen molar-refractivity contribution in [2.75, 3.05) is 6.54 Å². The van der Waals surface area contributed by atoms with Gasteiger partial charge in [0.1, 0.15) is 6.33 Å². The second-order valence-electron chi connectivity index (χ2n) is 5.66. The summed E-state index contributed by atoms with van der Waals surface area (Å²) < 4.78 is 3.43. The van der Waals surface area contributed by atoms with Crippen LogP contribution in [0.4, 0.5) is 0 Å². The molecule has 24 heavy (non-hydrogen) atoms. The van der Waals surface area contributed by atoms with Crippen LogP contribution in [0.3, 0.4) is 0 Å². The van der Waals surface area contributed by atoms with Crippen molar-refractivity contribution in [3.8, 4) is 5.69 Å². The lowest BCUT2D eigenvalue weighted by atomic mass is 10.1. The summed E-state index contributed by atoms with van der Waals surface area (Å²) in [7, 11) is 0. The first-order chi connectivity index (χ1) is 11.5. The second-order valence-corrected chi connectivity index (χ2v) is 5.66. The highest BCUT2D eigenvalue weighted by Crippen LogP contribution is 2.14. The first-order valence-electron chi connectivity index (χ1n) is 7.68. The maximum absolute atomic E-state index is 12.4. The van der Waals surface area contributed by atoms with Crippen LogP contribution >= 0.6 is 0 Å². The number of amides is 1. The molecule has 3 rings (SSSR count). The number of nitrogens with zero attached hydrogens (tertiary/aromatic N) is 6. The monoisotopic (exact) mass is 325 g/mol. The molecule has 1 amide bonds. The number of carbonyl (C=O) groups is 1. The summed E-state index contributed by atoms with van der Waals surface area (Å²) in [6, 6.07) is 7.47. The average Bonchev–Trinajstić information content (AvgIpc) is 3.18. The SMILES string of the molecule is Cc1cc(C)n(CCNC(=O)c2ccc(C)c(-n3cnnn3)c2)n1. The van der Waals surface area contributed by atoms with E-state index in [1.165, 1.54) is 6.33 Å². The third-order valence-electron chi connectivity index (χ3n) is 3.78. The lowest BCUT2D eigenvalue weighted by Crippen LogP contribution is -2.28. The molecule has 2 aromatic heterocycles. The van der Waals surface area contributed by atoms with Crippen molar-refractivity contribution in [2.45, 2.75) is 27.3 Å². The third kappa shape index (κ3) is 3.32. The molecule has 0 aliphatic carbocycles. The Morgan fingerprint density at radius 2 is 2.04 bits per heavy atom. The van der Waals surface area contributed by atoms with E-state index in [1.807, 2.05) is 37.6 Å². The Balaban J connectivity index is 1.67. The van der Waals surface area contributed by atoms with Crippen LogP contribution in [-0.2, 0) is 6.54 Å². The number of nitrogens with one attached hydrogen (secondary N) is 1. The zero-order valence-corrected chi connectivity index (χ0v) is 13.9. The van der Waals surface area contributed by atoms with Gasteiger partial charge in [-0.05, 0) is 55.0 Å². The van der Waals surface area contributed by atoms with Gasteiger partial charge in [-0.1, -0.05) is 6.07 Å². The number of aromatic nitrogens is 6. The summed E-state index contributed by atoms with van der Waals surface area (Å²) in [6.45, 7) is 7.04. The van der Waals surface area contributed by atoms with E-state index in [1.54, 1.807) is 16.8 Å². The summed E-state index contributed by atoms with van der Waals surface area (Å²) in [5.74, 6) is -0.133. The van der Waals surface area contributed by atoms with Crippen LogP contribution in [0.1, 0.15) is 27.3 Å². The van der Waals surface area contributed by atoms with Gasteiger partial charge in [-0.15, -0.1) is 5.10 Å². The molecule has 2 heterocycles. The van der Waals surface area contributed by atoms with Crippen LogP contribution < -0.4 is 5.32 Å². The fraction of sp³-hybridized carbons (Fsp3) is 0.312. The zero-order valence-electron chi connectivity index (χ0n) is 13.9. The molecule has 0 radical (unpaired) electrons. The lowest BCUT2D eigenvalue weighted by molar-refractivity contribution is 0.0952. The molecule has 0 saturated heterocycles. The predicted molar refractivity (Wildman–Crippen MR) is 87.9 cm³/mol. The number of tetrazole rings is 1. The fourth-order valence-electron chi connectivity index (χ4n) is 2.55. The minimum absolute atomic E-state index is 0.133. The number of rotatable bonds is 5. The van der Waals surface area contributed by atoms with E-state index in [2.05, 4.69) is 25.9 Å². The molecular formula is C16H19N7O. The number of hydrogen-bond acceptors (Lipinski definition) is 5. The van der Waals surface area contributed by atoms with Crippen LogP contribution in [-0.4, -0.2) is 42.4 Å². The Kier molecular flexibility index (Phi) is 4.37. The predicted octanol–water partition coefficient (Wildman–Crippen LogP) is 1.21. The first kappa shape index (κ1) is 15.9. The summed E-state index contributed by atoms with van der Waals surface area (Å²) in [4.78, 5) is 12.4. The van der Waals surface area contributed by atoms with Gasteiger partial charge in [-0.3, -0.25) is 9.48 Å². The molecule has 8 heteroatoms. The molecule has 8 nitrogen and oxygen atoms in total. The van der Waals surface area contributed by atoms with Gasteiger partial charge in [-0.25, -0.2) is 4.68 Å². The summed E-state index contributed by atoms with van der Waals surface area (Å²) in [5.41, 5.74) is 4.40. The van der Waals surface area contributed by atoms with Crippen molar-refractivity contribution in [3.05, 3.63) is 53.1 Å². The van der Waals surface area contributed by atoms with Crippen molar-refractivity contribution in [1.82, 2.24) is 35.3 Å². The van der Waals surface area contributed by atoms with Gasteiger partial charge < -0.3 is 5.32 Å². The van der Waals surface area contributed by atoms with E-state index in [-0.39, 0.29) is 5.91 Å². The van der Waals surface area contributed by atoms with Gasteiger partial charge in [0, 0.05) is 17.8 Å². The molecule has 0 saturated carbocycles. The quantitative estimate of drug-likeness (QED) is 0.761. The average molecular weight is 325 g/mol. The summed E-state index contributed by atoms with van der Waals surface area (Å²) >= 11 is 0. The molecule has 0 atom stereocenters. The minimum atomic E-state index is -0.133. The first-order valence-corrected chi connectivity index (χ1v) is 7.68. The highest BCUT2D eigenvalue weighted by molar-refractivity contribution is 5.94. The van der Waals surface area contributed by atoms with Crippen molar-refractivity contribution in [3.63, 3.8) is 0 Å². The molecule has 0 aliphatic rings. The summed E-state index contributed by atoms with van der Waals surface area (Å²) in [6.07, 6.45) is 1.51. The van der Waals surface area contributed by atoms with Crippen molar-refractivity contribution >= 4 is 5.91 Å². The normalized spacial score (nSPS) is 10.8. The molecule has 124 valence electrons. The van der Waals surface area contributed by atoms with Crippen LogP contribution in [0, 0.1) is 20.8 Å². The number of benzene rings is 1. The van der Waals surface area contributed by atoms with Gasteiger partial charge >= 0.3 is 0 Å². The molecule has 0 aliphatic heterocycles. The Morgan fingerprint density at radius 3 is 2.71 bits per heavy atom. The maximum Gasteiger partial charge on any atom is 0.251 e. The lowest BCUT2D eigenvalue weighted by Gasteiger charge is -2.09. The standard InChI is InChI=1S/C16H19N7O/c1-11-4-5-14(9-15(11)23-10-18-20-21-23)16(24)17-6-7-22-13(3)8-12(2)19-22/h4-5,8-10H,6-7H2,1-3H3,(H,17,24). The van der Waals surface area contributed by atoms with Crippen molar-refractivity contribution in [2.24, 2.45) is 0 Å². The second kappa shape index (κ2) is 6.61. The van der Waals surface area contributed by atoms with Crippen LogP contribution in [0.15, 0.2) is 30.6 Å². The van der Waals surface area contributed by atoms with E-state index in [9.17, 15) is 4.79 Å². The molecule has 1 N–H and O–H groups in total. The fourth-order valence-corrected chi connectivity index (χ4v) is 2.55. The topological polar surface area (TPSA) is 90.5 Å². The van der Waals surface area contributed by atoms with Gasteiger partial charge in [0.25, 0.3) is 5.91 Å². The van der Waals surface area contributed by atoms with Gasteiger partial charge in [0.2, 0.25) is 0 Å². The van der Waals surface area contributed by atoms with Crippen LogP contribution in [0.5, 0.6) is 0 Å². The molecule has 3 aromatic rings. The summed E-state index contributed by atoms with van der Waals surface area (Å²) in [5, 5.41) is 18.4. The number of carbonyl (C=O) groups excluding carboxylic acids is 1. The highest BCUT2D eigenvalue weighted by Gasteiger charge is 2.10. The van der Waals surface area contributed by atoms with Crippen molar-refractivity contribution < 1.29 is 4.79 Å². The Morgan fingerprint density at radius 1 is 1.21 bits per heavy atom. The van der Waals surface area contributed by atoms with Gasteiger partial charge in [-0.2, -0.15) is 5.10 Å². The van der Waals surface area contributed by atoms with E-state index in [0.29, 0.717) is 18.7 Å². The van der Waals surface area contributed by atoms with Gasteiger partial charge in [0.05, 0.1) is 17.9 Å². The Labute approximate surface area is 139 Å². The van der Waals surface area contributed by atoms with E-state index in [0.717, 1.165) is 22.6 Å². The number of aryl methyl sites for hydroxylation is 3.